The molecule has 2 N–H and O–H groups in total. The summed E-state index contributed by atoms with van der Waals surface area (Å²) in [5, 5.41) is 10.4. The van der Waals surface area contributed by atoms with Crippen molar-refractivity contribution in [2.45, 2.75) is 32.7 Å². The standard InChI is InChI=1S/C30H32N6O2/c1-19(2)33-28-12-11-24(14-31-28)29(37)34-27-13-23(6-5-20(27)3)30(38)36-17-26(18-36)22-9-7-21(8-10-22)25-15-32-35(4)16-25/h5-16,19,26H,17-18H2,1-4H3,(H,31,33)(H,34,37). The summed E-state index contributed by atoms with van der Waals surface area (Å²) in [5.41, 5.74) is 5.96. The van der Waals surface area contributed by atoms with E-state index < -0.39 is 0 Å². The molecule has 1 saturated heterocycles. The second-order valence-corrected chi connectivity index (χ2v) is 10.1. The first-order valence-electron chi connectivity index (χ1n) is 12.8. The van der Waals surface area contributed by atoms with Crippen molar-refractivity contribution >= 4 is 23.3 Å². The minimum atomic E-state index is -0.264. The van der Waals surface area contributed by atoms with Gasteiger partial charge in [0.1, 0.15) is 5.82 Å². The maximum absolute atomic E-state index is 13.2. The normalized spacial score (nSPS) is 13.3. The number of carbonyl (C=O) groups is 2. The monoisotopic (exact) mass is 508 g/mol. The number of carbonyl (C=O) groups excluding carboxylic acids is 2. The van der Waals surface area contributed by atoms with Crippen LogP contribution < -0.4 is 10.6 Å². The Labute approximate surface area is 222 Å². The number of aromatic nitrogens is 3. The molecular formula is C30H32N6O2. The van der Waals surface area contributed by atoms with Crippen molar-refractivity contribution in [2.75, 3.05) is 23.7 Å². The Balaban J connectivity index is 1.20. The molecule has 2 amide bonds. The van der Waals surface area contributed by atoms with E-state index in [1.165, 1.54) is 5.56 Å². The van der Waals surface area contributed by atoms with E-state index in [2.05, 4.69) is 45.0 Å². The average molecular weight is 509 g/mol. The number of hydrogen-bond acceptors (Lipinski definition) is 5. The van der Waals surface area contributed by atoms with Crippen LogP contribution in [-0.4, -0.2) is 50.6 Å². The molecule has 0 bridgehead atoms. The molecule has 0 unspecified atom stereocenters. The fourth-order valence-corrected chi connectivity index (χ4v) is 4.55. The smallest absolute Gasteiger partial charge is 0.257 e. The number of nitrogens with one attached hydrogen (secondary N) is 2. The van der Waals surface area contributed by atoms with E-state index in [4.69, 9.17) is 0 Å². The molecule has 3 heterocycles. The van der Waals surface area contributed by atoms with Crippen molar-refractivity contribution in [1.82, 2.24) is 19.7 Å². The maximum Gasteiger partial charge on any atom is 0.257 e. The van der Waals surface area contributed by atoms with Gasteiger partial charge in [-0.1, -0.05) is 30.3 Å². The van der Waals surface area contributed by atoms with Crippen LogP contribution in [0.15, 0.2) is 73.2 Å². The summed E-state index contributed by atoms with van der Waals surface area (Å²) in [6.45, 7) is 7.31. The second-order valence-electron chi connectivity index (χ2n) is 10.1. The first-order chi connectivity index (χ1) is 18.3. The molecule has 2 aromatic heterocycles. The quantitative estimate of drug-likeness (QED) is 0.362. The van der Waals surface area contributed by atoms with Gasteiger partial charge in [0.15, 0.2) is 0 Å². The number of benzene rings is 2. The van der Waals surface area contributed by atoms with Crippen LogP contribution in [0.5, 0.6) is 0 Å². The molecule has 0 saturated carbocycles. The summed E-state index contributed by atoms with van der Waals surface area (Å²) in [5.74, 6) is 0.736. The Morgan fingerprint density at radius 1 is 0.947 bits per heavy atom. The molecule has 0 spiro atoms. The Morgan fingerprint density at radius 2 is 1.68 bits per heavy atom. The minimum absolute atomic E-state index is 0.0329. The molecule has 0 radical (unpaired) electrons. The molecule has 5 rings (SSSR count). The van der Waals surface area contributed by atoms with E-state index in [1.54, 1.807) is 29.1 Å². The SMILES string of the molecule is Cc1ccc(C(=O)N2CC(c3ccc(-c4cnn(C)c4)cc3)C2)cc1NC(=O)c1ccc(NC(C)C)nc1. The number of anilines is 2. The Hall–Kier alpha value is -4.46. The van der Waals surface area contributed by atoms with Crippen molar-refractivity contribution in [3.05, 3.63) is 95.4 Å². The molecule has 8 heteroatoms. The highest BCUT2D eigenvalue weighted by atomic mass is 16.2. The topological polar surface area (TPSA) is 92.2 Å². The Morgan fingerprint density at radius 3 is 2.32 bits per heavy atom. The highest BCUT2D eigenvalue weighted by Crippen LogP contribution is 2.31. The minimum Gasteiger partial charge on any atom is -0.368 e. The van der Waals surface area contributed by atoms with Crippen molar-refractivity contribution in [3.63, 3.8) is 0 Å². The summed E-state index contributed by atoms with van der Waals surface area (Å²) in [7, 11) is 1.91. The van der Waals surface area contributed by atoms with Gasteiger partial charge in [0.25, 0.3) is 11.8 Å². The zero-order valence-corrected chi connectivity index (χ0v) is 22.1. The van der Waals surface area contributed by atoms with Crippen LogP contribution in [0, 0.1) is 6.92 Å². The maximum atomic E-state index is 13.2. The predicted octanol–water partition coefficient (Wildman–Crippen LogP) is 5.10. The van der Waals surface area contributed by atoms with Crippen LogP contribution in [-0.2, 0) is 7.05 Å². The highest BCUT2D eigenvalue weighted by Gasteiger charge is 2.32. The summed E-state index contributed by atoms with van der Waals surface area (Å²) >= 11 is 0. The van der Waals surface area contributed by atoms with Crippen LogP contribution in [0.3, 0.4) is 0 Å². The number of nitrogens with zero attached hydrogens (tertiary/aromatic N) is 4. The lowest BCUT2D eigenvalue weighted by Crippen LogP contribution is -2.48. The Kier molecular flexibility index (Phi) is 6.96. The van der Waals surface area contributed by atoms with Crippen molar-refractivity contribution in [1.29, 1.82) is 0 Å². The van der Waals surface area contributed by atoms with E-state index in [0.717, 1.165) is 22.5 Å². The van der Waals surface area contributed by atoms with Crippen LogP contribution in [0.2, 0.25) is 0 Å². The molecular weight excluding hydrogens is 476 g/mol. The van der Waals surface area contributed by atoms with Gasteiger partial charge in [-0.15, -0.1) is 0 Å². The van der Waals surface area contributed by atoms with Gasteiger partial charge < -0.3 is 15.5 Å². The van der Waals surface area contributed by atoms with Crippen LogP contribution in [0.4, 0.5) is 11.5 Å². The number of amides is 2. The molecule has 38 heavy (non-hydrogen) atoms. The zero-order chi connectivity index (χ0) is 26.8. The van der Waals surface area contributed by atoms with Crippen LogP contribution in [0.25, 0.3) is 11.1 Å². The average Bonchev–Trinajstić information content (AvgIpc) is 3.31. The van der Waals surface area contributed by atoms with Gasteiger partial charge in [-0.2, -0.15) is 5.10 Å². The number of hydrogen-bond donors (Lipinski definition) is 2. The van der Waals surface area contributed by atoms with Gasteiger partial charge in [0.2, 0.25) is 0 Å². The van der Waals surface area contributed by atoms with E-state index in [-0.39, 0.29) is 17.9 Å². The number of pyridine rings is 1. The molecule has 2 aromatic carbocycles. The Bertz CT molecular complexity index is 1450. The highest BCUT2D eigenvalue weighted by molar-refractivity contribution is 6.05. The summed E-state index contributed by atoms with van der Waals surface area (Å²) < 4.78 is 1.79. The fourth-order valence-electron chi connectivity index (χ4n) is 4.55. The molecule has 8 nitrogen and oxygen atoms in total. The lowest BCUT2D eigenvalue weighted by Gasteiger charge is -2.39. The number of aryl methyl sites for hydroxylation is 2. The fraction of sp³-hybridized carbons (Fsp3) is 0.267. The molecule has 0 atom stereocenters. The third-order valence-corrected chi connectivity index (χ3v) is 6.78. The van der Waals surface area contributed by atoms with E-state index >= 15 is 0 Å². The summed E-state index contributed by atoms with van der Waals surface area (Å²) in [6.07, 6.45) is 5.40. The van der Waals surface area contributed by atoms with Crippen LogP contribution in [0.1, 0.15) is 51.6 Å². The first kappa shape index (κ1) is 25.2. The first-order valence-corrected chi connectivity index (χ1v) is 12.8. The predicted molar refractivity (Wildman–Crippen MR) is 149 cm³/mol. The number of rotatable bonds is 7. The molecule has 194 valence electrons. The van der Waals surface area contributed by atoms with E-state index in [1.807, 2.05) is 57.2 Å². The molecule has 4 aromatic rings. The number of likely N-dealkylation sites (tertiary alicyclic amines) is 1. The van der Waals surface area contributed by atoms with E-state index in [9.17, 15) is 9.59 Å². The zero-order valence-electron chi connectivity index (χ0n) is 22.1. The van der Waals surface area contributed by atoms with Gasteiger partial charge in [0.05, 0.1) is 11.8 Å². The lowest BCUT2D eigenvalue weighted by atomic mass is 9.90. The molecule has 1 aliphatic rings. The van der Waals surface area contributed by atoms with Gasteiger partial charge >= 0.3 is 0 Å². The van der Waals surface area contributed by atoms with Crippen LogP contribution >= 0.6 is 0 Å². The van der Waals surface area contributed by atoms with Crippen molar-refractivity contribution in [2.24, 2.45) is 7.05 Å². The summed E-state index contributed by atoms with van der Waals surface area (Å²) in [4.78, 5) is 32.2. The molecule has 0 aliphatic carbocycles. The van der Waals surface area contributed by atoms with E-state index in [0.29, 0.717) is 35.8 Å². The van der Waals surface area contributed by atoms with Gasteiger partial charge in [-0.3, -0.25) is 14.3 Å². The van der Waals surface area contributed by atoms with Gasteiger partial charge in [-0.05, 0) is 61.7 Å². The van der Waals surface area contributed by atoms with Gasteiger partial charge in [-0.25, -0.2) is 4.98 Å². The lowest BCUT2D eigenvalue weighted by molar-refractivity contribution is 0.0602. The third-order valence-electron chi connectivity index (χ3n) is 6.78. The largest absolute Gasteiger partial charge is 0.368 e. The molecule has 1 fully saturated rings. The summed E-state index contributed by atoms with van der Waals surface area (Å²) in [6, 6.07) is 17.7. The van der Waals surface area contributed by atoms with Crippen molar-refractivity contribution < 1.29 is 9.59 Å². The van der Waals surface area contributed by atoms with Crippen molar-refractivity contribution in [3.8, 4) is 11.1 Å². The second kappa shape index (κ2) is 10.5. The third kappa shape index (κ3) is 5.44. The molecule has 1 aliphatic heterocycles. The van der Waals surface area contributed by atoms with Gasteiger partial charge in [0, 0.05) is 61.3 Å².